The maximum absolute atomic E-state index is 12.1. The lowest BCUT2D eigenvalue weighted by Crippen LogP contribution is -2.41. The molecule has 0 spiro atoms. The second-order valence-electron chi connectivity index (χ2n) is 6.36. The fourth-order valence-corrected chi connectivity index (χ4v) is 2.20. The topological polar surface area (TPSA) is 44.8 Å². The number of hydrogen-bond donors (Lipinski definition) is 0. The summed E-state index contributed by atoms with van der Waals surface area (Å²) in [4.78, 5) is 12.1. The highest BCUT2D eigenvalue weighted by Crippen LogP contribution is 2.38. The van der Waals surface area contributed by atoms with Crippen LogP contribution in [-0.2, 0) is 18.8 Å². The molecule has 0 N–H and O–H groups in total. The normalized spacial score (nSPS) is 21.0. The molecule has 0 aromatic heterocycles. The molecule has 5 heteroatoms. The van der Waals surface area contributed by atoms with Crippen molar-refractivity contribution in [1.82, 2.24) is 0 Å². The second kappa shape index (κ2) is 6.80. The largest absolute Gasteiger partial charge is 0.463 e. The molecule has 0 radical (unpaired) electrons. The molecule has 0 aliphatic carbocycles. The van der Waals surface area contributed by atoms with Gasteiger partial charge in [-0.2, -0.15) is 0 Å². The van der Waals surface area contributed by atoms with Crippen molar-refractivity contribution in [2.24, 2.45) is 0 Å². The second-order valence-corrected chi connectivity index (χ2v) is 6.36. The zero-order valence-electron chi connectivity index (χ0n) is 14.1. The first kappa shape index (κ1) is 18.0. The molecule has 1 fully saturated rings. The number of carbonyl (C=O) groups is 1. The van der Waals surface area contributed by atoms with Gasteiger partial charge in [0.2, 0.25) is 0 Å². The van der Waals surface area contributed by atoms with Gasteiger partial charge in [-0.15, -0.1) is 6.58 Å². The molecule has 118 valence electrons. The minimum atomic E-state index is -0.436. The monoisotopic (exact) mass is 294 g/mol. The first-order valence-electron chi connectivity index (χ1n) is 7.47. The van der Waals surface area contributed by atoms with Crippen LogP contribution in [0.2, 0.25) is 6.32 Å². The molecule has 1 saturated heterocycles. The Morgan fingerprint density at radius 3 is 2.19 bits per heavy atom. The first-order chi connectivity index (χ1) is 9.64. The highest BCUT2D eigenvalue weighted by atomic mass is 16.7. The van der Waals surface area contributed by atoms with E-state index in [2.05, 4.69) is 6.58 Å². The Balaban J connectivity index is 2.92. The van der Waals surface area contributed by atoms with Crippen molar-refractivity contribution < 1.29 is 18.8 Å². The average Bonchev–Trinajstić information content (AvgIpc) is 2.55. The molecule has 0 aromatic carbocycles. The van der Waals surface area contributed by atoms with Gasteiger partial charge in [0.05, 0.1) is 17.8 Å². The Bertz CT molecular complexity index is 422. The molecule has 0 amide bonds. The summed E-state index contributed by atoms with van der Waals surface area (Å²) in [7, 11) is -0.436. The van der Waals surface area contributed by atoms with E-state index in [9.17, 15) is 4.79 Å². The summed E-state index contributed by atoms with van der Waals surface area (Å²) in [6.45, 7) is 15.8. The van der Waals surface area contributed by atoms with E-state index in [4.69, 9.17) is 14.0 Å². The summed E-state index contributed by atoms with van der Waals surface area (Å²) in [5.41, 5.74) is 0.765. The lowest BCUT2D eigenvalue weighted by atomic mass is 9.78. The third-order valence-corrected chi connectivity index (χ3v) is 4.16. The number of carbonyl (C=O) groups excluding carboxylic acids is 1. The van der Waals surface area contributed by atoms with Gasteiger partial charge in [0.25, 0.3) is 0 Å². The first-order valence-corrected chi connectivity index (χ1v) is 7.47. The summed E-state index contributed by atoms with van der Waals surface area (Å²) in [5.74, 6) is -0.299. The number of rotatable bonds is 6. The van der Waals surface area contributed by atoms with E-state index in [-0.39, 0.29) is 5.97 Å². The van der Waals surface area contributed by atoms with Gasteiger partial charge >= 0.3 is 13.1 Å². The van der Waals surface area contributed by atoms with Gasteiger partial charge in [0.15, 0.2) is 0 Å². The van der Waals surface area contributed by atoms with Crippen molar-refractivity contribution in [2.75, 3.05) is 6.61 Å². The molecule has 1 aliphatic rings. The SMILES string of the molecule is C=CC/C(C)=C(\CB1OC(C)(C)C(C)(C)O1)C(=O)OCC. The van der Waals surface area contributed by atoms with E-state index in [0.717, 1.165) is 5.57 Å². The van der Waals surface area contributed by atoms with Crippen LogP contribution < -0.4 is 0 Å². The molecule has 0 atom stereocenters. The minimum absolute atomic E-state index is 0.299. The maximum Gasteiger partial charge on any atom is 0.462 e. The third-order valence-electron chi connectivity index (χ3n) is 4.16. The summed E-state index contributed by atoms with van der Waals surface area (Å²) >= 11 is 0. The minimum Gasteiger partial charge on any atom is -0.463 e. The van der Waals surface area contributed by atoms with Gasteiger partial charge in [-0.3, -0.25) is 0 Å². The molecule has 0 bridgehead atoms. The quantitative estimate of drug-likeness (QED) is 0.325. The molecular formula is C16H27BO4. The zero-order valence-corrected chi connectivity index (χ0v) is 14.1. The fourth-order valence-electron chi connectivity index (χ4n) is 2.20. The van der Waals surface area contributed by atoms with Gasteiger partial charge in [-0.05, 0) is 48.0 Å². The van der Waals surface area contributed by atoms with E-state index in [1.807, 2.05) is 34.6 Å². The van der Waals surface area contributed by atoms with E-state index in [1.165, 1.54) is 0 Å². The van der Waals surface area contributed by atoms with Crippen molar-refractivity contribution in [3.63, 3.8) is 0 Å². The number of ether oxygens (including phenoxy) is 1. The van der Waals surface area contributed by atoms with Crippen LogP contribution in [0, 0.1) is 0 Å². The van der Waals surface area contributed by atoms with Gasteiger partial charge < -0.3 is 14.0 Å². The Labute approximate surface area is 128 Å². The van der Waals surface area contributed by atoms with Crippen molar-refractivity contribution in [3.8, 4) is 0 Å². The predicted molar refractivity (Wildman–Crippen MR) is 85.0 cm³/mol. The number of esters is 1. The van der Waals surface area contributed by atoms with Crippen molar-refractivity contribution in [1.29, 1.82) is 0 Å². The van der Waals surface area contributed by atoms with E-state index in [0.29, 0.717) is 24.9 Å². The summed E-state index contributed by atoms with van der Waals surface area (Å²) in [6, 6.07) is 0. The van der Waals surface area contributed by atoms with Crippen LogP contribution in [-0.4, -0.2) is 30.9 Å². The van der Waals surface area contributed by atoms with Crippen LogP contribution >= 0.6 is 0 Å². The van der Waals surface area contributed by atoms with Crippen LogP contribution in [0.3, 0.4) is 0 Å². The Morgan fingerprint density at radius 2 is 1.76 bits per heavy atom. The molecule has 0 unspecified atom stereocenters. The average molecular weight is 294 g/mol. The van der Waals surface area contributed by atoms with Gasteiger partial charge in [0.1, 0.15) is 0 Å². The number of hydrogen-bond acceptors (Lipinski definition) is 4. The summed E-state index contributed by atoms with van der Waals surface area (Å²) in [5, 5.41) is 0. The molecule has 1 rings (SSSR count). The van der Waals surface area contributed by atoms with Crippen molar-refractivity contribution in [2.45, 2.75) is 65.5 Å². The highest BCUT2D eigenvalue weighted by Gasteiger charge is 2.51. The molecular weight excluding hydrogens is 267 g/mol. The van der Waals surface area contributed by atoms with E-state index < -0.39 is 18.3 Å². The van der Waals surface area contributed by atoms with Gasteiger partial charge in [-0.1, -0.05) is 11.6 Å². The molecule has 21 heavy (non-hydrogen) atoms. The third kappa shape index (κ3) is 4.21. The Morgan fingerprint density at radius 1 is 1.24 bits per heavy atom. The zero-order chi connectivity index (χ0) is 16.3. The van der Waals surface area contributed by atoms with Gasteiger partial charge in [-0.25, -0.2) is 4.79 Å². The molecule has 0 saturated carbocycles. The molecule has 0 aromatic rings. The van der Waals surface area contributed by atoms with Crippen LogP contribution in [0.1, 0.15) is 48.0 Å². The van der Waals surface area contributed by atoms with Crippen molar-refractivity contribution >= 4 is 13.1 Å². The lowest BCUT2D eigenvalue weighted by Gasteiger charge is -2.32. The van der Waals surface area contributed by atoms with E-state index in [1.54, 1.807) is 13.0 Å². The maximum atomic E-state index is 12.1. The van der Waals surface area contributed by atoms with E-state index >= 15 is 0 Å². The Hall–Kier alpha value is -1.07. The Kier molecular flexibility index (Phi) is 5.82. The predicted octanol–water partition coefficient (Wildman–Crippen LogP) is 3.53. The van der Waals surface area contributed by atoms with Gasteiger partial charge in [0, 0.05) is 11.9 Å². The number of allylic oxidation sites excluding steroid dienone is 2. The highest BCUT2D eigenvalue weighted by molar-refractivity contribution is 6.47. The van der Waals surface area contributed by atoms with Crippen LogP contribution in [0.25, 0.3) is 0 Å². The van der Waals surface area contributed by atoms with Crippen LogP contribution in [0.5, 0.6) is 0 Å². The lowest BCUT2D eigenvalue weighted by molar-refractivity contribution is -0.138. The van der Waals surface area contributed by atoms with Crippen LogP contribution in [0.15, 0.2) is 23.8 Å². The summed E-state index contributed by atoms with van der Waals surface area (Å²) < 4.78 is 17.1. The smallest absolute Gasteiger partial charge is 0.462 e. The van der Waals surface area contributed by atoms with Crippen molar-refractivity contribution in [3.05, 3.63) is 23.8 Å². The summed E-state index contributed by atoms with van der Waals surface area (Å²) in [6.07, 6.45) is 2.82. The molecule has 1 heterocycles. The standard InChI is InChI=1S/C16H27BO4/c1-8-10-12(3)13(14(18)19-9-2)11-17-20-15(4,5)16(6,7)21-17/h8H,1,9-11H2,2-7H3/b13-12+. The molecule has 4 nitrogen and oxygen atoms in total. The fraction of sp³-hybridized carbons (Fsp3) is 0.688. The molecule has 1 aliphatic heterocycles. The van der Waals surface area contributed by atoms with Crippen LogP contribution in [0.4, 0.5) is 0 Å².